The molecule has 1 aromatic rings. The van der Waals surface area contributed by atoms with Gasteiger partial charge in [-0.25, -0.2) is 8.42 Å². The normalized spacial score (nSPS) is 23.8. The van der Waals surface area contributed by atoms with E-state index < -0.39 is 15.6 Å². The van der Waals surface area contributed by atoms with Crippen LogP contribution in [0.2, 0.25) is 0 Å². The number of hydrogen-bond donors (Lipinski definition) is 2. The summed E-state index contributed by atoms with van der Waals surface area (Å²) in [6.07, 6.45) is 3.38. The van der Waals surface area contributed by atoms with Crippen LogP contribution < -0.4 is 10.5 Å². The predicted molar refractivity (Wildman–Crippen MR) is 86.7 cm³/mol. The SMILES string of the molecule is Cc1noc(C)c1S(=O)(=O)NC1(C(=O)N2CC[C@@H](N)C2)CCCC1. The number of rotatable bonds is 4. The summed E-state index contributed by atoms with van der Waals surface area (Å²) in [6, 6.07) is -0.0356. The maximum Gasteiger partial charge on any atom is 0.246 e. The molecule has 0 spiro atoms. The summed E-state index contributed by atoms with van der Waals surface area (Å²) in [5.74, 6) is 0.0621. The van der Waals surface area contributed by atoms with Gasteiger partial charge in [0, 0.05) is 19.1 Å². The number of carbonyl (C=O) groups excluding carboxylic acids is 1. The summed E-state index contributed by atoms with van der Waals surface area (Å²) in [5, 5.41) is 3.71. The van der Waals surface area contributed by atoms with Crippen LogP contribution in [0.25, 0.3) is 0 Å². The summed E-state index contributed by atoms with van der Waals surface area (Å²) in [4.78, 5) is 14.8. The predicted octanol–water partition coefficient (Wildman–Crippen LogP) is 0.442. The largest absolute Gasteiger partial charge is 0.360 e. The highest BCUT2D eigenvalue weighted by molar-refractivity contribution is 7.89. The molecule has 0 radical (unpaired) electrons. The first-order chi connectivity index (χ1) is 11.3. The molecule has 1 atom stereocenters. The Kier molecular flexibility index (Phi) is 4.43. The zero-order valence-electron chi connectivity index (χ0n) is 14.0. The number of sulfonamides is 1. The van der Waals surface area contributed by atoms with Crippen molar-refractivity contribution in [3.63, 3.8) is 0 Å². The molecule has 1 aliphatic carbocycles. The van der Waals surface area contributed by atoms with Crippen LogP contribution in [0.5, 0.6) is 0 Å². The highest BCUT2D eigenvalue weighted by Crippen LogP contribution is 2.34. The molecule has 1 saturated heterocycles. The number of aromatic nitrogens is 1. The standard InChI is InChI=1S/C15H24N4O4S/c1-10-13(11(2)23-17-10)24(21,22)18-15(6-3-4-7-15)14(20)19-8-5-12(16)9-19/h12,18H,3-9,16H2,1-2H3/t12-/m1/s1. The number of nitrogens with zero attached hydrogens (tertiary/aromatic N) is 2. The number of nitrogens with two attached hydrogens (primary N) is 1. The fraction of sp³-hybridized carbons (Fsp3) is 0.733. The Labute approximate surface area is 141 Å². The third-order valence-corrected chi connectivity index (χ3v) is 6.72. The Hall–Kier alpha value is -1.45. The van der Waals surface area contributed by atoms with Crippen molar-refractivity contribution in [3.05, 3.63) is 11.5 Å². The number of carbonyl (C=O) groups is 1. The summed E-state index contributed by atoms with van der Waals surface area (Å²) in [6.45, 7) is 4.19. The van der Waals surface area contributed by atoms with E-state index in [4.69, 9.17) is 10.3 Å². The third kappa shape index (κ3) is 2.96. The average Bonchev–Trinajstić information content (AvgIpc) is 3.20. The molecule has 3 rings (SSSR count). The van der Waals surface area contributed by atoms with E-state index in [-0.39, 0.29) is 22.6 Å². The summed E-state index contributed by atoms with van der Waals surface area (Å²) < 4.78 is 33.4. The highest BCUT2D eigenvalue weighted by atomic mass is 32.2. The van der Waals surface area contributed by atoms with Gasteiger partial charge in [0.2, 0.25) is 15.9 Å². The first-order valence-electron chi connectivity index (χ1n) is 8.27. The first kappa shape index (κ1) is 17.4. The third-order valence-electron chi connectivity index (χ3n) is 4.94. The second-order valence-electron chi connectivity index (χ2n) is 6.85. The van der Waals surface area contributed by atoms with Crippen molar-refractivity contribution in [3.8, 4) is 0 Å². The van der Waals surface area contributed by atoms with E-state index in [1.807, 2.05) is 0 Å². The lowest BCUT2D eigenvalue weighted by Gasteiger charge is -2.32. The number of aryl methyl sites for hydroxylation is 2. The van der Waals surface area contributed by atoms with E-state index in [0.29, 0.717) is 31.6 Å². The lowest BCUT2D eigenvalue weighted by molar-refractivity contribution is -0.136. The lowest BCUT2D eigenvalue weighted by atomic mass is 9.97. The molecule has 0 aromatic carbocycles. The molecule has 3 N–H and O–H groups in total. The average molecular weight is 356 g/mol. The van der Waals surface area contributed by atoms with Crippen LogP contribution in [0.1, 0.15) is 43.6 Å². The molecule has 1 aliphatic heterocycles. The second kappa shape index (κ2) is 6.12. The molecule has 1 aromatic heterocycles. The van der Waals surface area contributed by atoms with Crippen molar-refractivity contribution >= 4 is 15.9 Å². The monoisotopic (exact) mass is 356 g/mol. The number of likely N-dealkylation sites (tertiary alicyclic amines) is 1. The molecule has 1 amide bonds. The molecule has 2 fully saturated rings. The molecule has 2 aliphatic rings. The minimum Gasteiger partial charge on any atom is -0.360 e. The summed E-state index contributed by atoms with van der Waals surface area (Å²) >= 11 is 0. The second-order valence-corrected chi connectivity index (χ2v) is 8.47. The van der Waals surface area contributed by atoms with Gasteiger partial charge in [-0.1, -0.05) is 18.0 Å². The van der Waals surface area contributed by atoms with Crippen molar-refractivity contribution in [1.82, 2.24) is 14.8 Å². The summed E-state index contributed by atoms with van der Waals surface area (Å²) in [5.41, 5.74) is 5.11. The minimum atomic E-state index is -3.89. The Morgan fingerprint density at radius 1 is 1.38 bits per heavy atom. The molecule has 0 unspecified atom stereocenters. The zero-order chi connectivity index (χ0) is 17.5. The molecule has 8 nitrogen and oxygen atoms in total. The van der Waals surface area contributed by atoms with E-state index >= 15 is 0 Å². The van der Waals surface area contributed by atoms with E-state index in [1.165, 1.54) is 0 Å². The minimum absolute atomic E-state index is 0.0275. The van der Waals surface area contributed by atoms with Gasteiger partial charge in [0.05, 0.1) is 0 Å². The van der Waals surface area contributed by atoms with Crippen molar-refractivity contribution in [2.24, 2.45) is 5.73 Å². The Morgan fingerprint density at radius 2 is 2.04 bits per heavy atom. The van der Waals surface area contributed by atoms with Crippen LogP contribution >= 0.6 is 0 Å². The van der Waals surface area contributed by atoms with Gasteiger partial charge in [-0.3, -0.25) is 4.79 Å². The highest BCUT2D eigenvalue weighted by Gasteiger charge is 2.48. The topological polar surface area (TPSA) is 119 Å². The van der Waals surface area contributed by atoms with Gasteiger partial charge < -0.3 is 15.2 Å². The molecule has 1 saturated carbocycles. The molecule has 0 bridgehead atoms. The smallest absolute Gasteiger partial charge is 0.246 e. The summed E-state index contributed by atoms with van der Waals surface area (Å²) in [7, 11) is -3.89. The molecular weight excluding hydrogens is 332 g/mol. The van der Waals surface area contributed by atoms with E-state index in [2.05, 4.69) is 9.88 Å². The Morgan fingerprint density at radius 3 is 2.54 bits per heavy atom. The van der Waals surface area contributed by atoms with Crippen molar-refractivity contribution < 1.29 is 17.7 Å². The first-order valence-corrected chi connectivity index (χ1v) is 9.75. The van der Waals surface area contributed by atoms with Crippen molar-refractivity contribution in [1.29, 1.82) is 0 Å². The zero-order valence-corrected chi connectivity index (χ0v) is 14.9. The Balaban J connectivity index is 1.90. The van der Waals surface area contributed by atoms with Gasteiger partial charge in [0.25, 0.3) is 0 Å². The number of hydrogen-bond acceptors (Lipinski definition) is 6. The van der Waals surface area contributed by atoms with E-state index in [0.717, 1.165) is 19.3 Å². The van der Waals surface area contributed by atoms with Crippen LogP contribution in [0.3, 0.4) is 0 Å². The fourth-order valence-electron chi connectivity index (χ4n) is 3.78. The van der Waals surface area contributed by atoms with Gasteiger partial charge in [0.15, 0.2) is 5.76 Å². The van der Waals surface area contributed by atoms with Crippen molar-refractivity contribution in [2.75, 3.05) is 13.1 Å². The van der Waals surface area contributed by atoms with Crippen LogP contribution in [0.4, 0.5) is 0 Å². The maximum atomic E-state index is 13.0. The van der Waals surface area contributed by atoms with Crippen LogP contribution in [-0.2, 0) is 14.8 Å². The number of amides is 1. The van der Waals surface area contributed by atoms with Gasteiger partial charge in [-0.05, 0) is 33.1 Å². The fourth-order valence-corrected chi connectivity index (χ4v) is 5.53. The van der Waals surface area contributed by atoms with E-state index in [9.17, 15) is 13.2 Å². The lowest BCUT2D eigenvalue weighted by Crippen LogP contribution is -2.58. The van der Waals surface area contributed by atoms with E-state index in [1.54, 1.807) is 18.7 Å². The van der Waals surface area contributed by atoms with Gasteiger partial charge >= 0.3 is 0 Å². The quantitative estimate of drug-likeness (QED) is 0.808. The Bertz CT molecular complexity index is 717. The molecule has 24 heavy (non-hydrogen) atoms. The molecular formula is C15H24N4O4S. The molecule has 2 heterocycles. The maximum absolute atomic E-state index is 13.0. The molecule has 134 valence electrons. The molecule has 9 heteroatoms. The van der Waals surface area contributed by atoms with Gasteiger partial charge in [0.1, 0.15) is 16.1 Å². The van der Waals surface area contributed by atoms with Crippen LogP contribution in [0, 0.1) is 13.8 Å². The van der Waals surface area contributed by atoms with Crippen LogP contribution in [-0.4, -0.2) is 49.1 Å². The van der Waals surface area contributed by atoms with Gasteiger partial charge in [-0.15, -0.1) is 0 Å². The van der Waals surface area contributed by atoms with Crippen LogP contribution in [0.15, 0.2) is 9.42 Å². The number of nitrogens with one attached hydrogen (secondary N) is 1. The van der Waals surface area contributed by atoms with Gasteiger partial charge in [-0.2, -0.15) is 4.72 Å². The van der Waals surface area contributed by atoms with Crippen molar-refractivity contribution in [2.45, 2.75) is 62.4 Å².